The number of rotatable bonds is 7. The summed E-state index contributed by atoms with van der Waals surface area (Å²) in [5, 5.41) is 27.0. The van der Waals surface area contributed by atoms with E-state index in [1.807, 2.05) is 0 Å². The van der Waals surface area contributed by atoms with Crippen molar-refractivity contribution in [3.8, 4) is 11.4 Å². The summed E-state index contributed by atoms with van der Waals surface area (Å²) in [6.07, 6.45) is 2.21. The number of non-ortho nitro benzene ring substituents is 1. The van der Waals surface area contributed by atoms with Crippen LogP contribution in [0.2, 0.25) is 0 Å². The van der Waals surface area contributed by atoms with Crippen LogP contribution in [0.15, 0.2) is 33.9 Å². The summed E-state index contributed by atoms with van der Waals surface area (Å²) >= 11 is 1.39. The molecule has 0 radical (unpaired) electrons. The number of hydrogen-bond acceptors (Lipinski definition) is 10. The molecule has 1 atom stereocenters. The number of nitro benzene ring substituents is 1. The minimum atomic E-state index is -0.455. The Morgan fingerprint density at radius 3 is 2.93 bits per heavy atom. The molecule has 0 N–H and O–H groups in total. The Kier molecular flexibility index (Phi) is 5.07. The summed E-state index contributed by atoms with van der Waals surface area (Å²) in [7, 11) is 0. The molecular formula is C15H15N7O4S. The summed E-state index contributed by atoms with van der Waals surface area (Å²) in [5.74, 6) is 1.20. The molecule has 0 bridgehead atoms. The van der Waals surface area contributed by atoms with Crippen LogP contribution >= 0.6 is 11.8 Å². The van der Waals surface area contributed by atoms with Crippen LogP contribution in [0.5, 0.6) is 0 Å². The van der Waals surface area contributed by atoms with Gasteiger partial charge in [-0.2, -0.15) is 4.98 Å². The molecule has 1 aliphatic rings. The second-order valence-corrected chi connectivity index (χ2v) is 6.83. The molecule has 1 unspecified atom stereocenters. The highest BCUT2D eigenvalue weighted by Crippen LogP contribution is 2.24. The Morgan fingerprint density at radius 2 is 2.19 bits per heavy atom. The lowest BCUT2D eigenvalue weighted by molar-refractivity contribution is -0.384. The topological polar surface area (TPSA) is 135 Å². The third-order valence-electron chi connectivity index (χ3n) is 4.03. The smallest absolute Gasteiger partial charge is 0.269 e. The maximum atomic E-state index is 10.7. The molecule has 12 heteroatoms. The zero-order valence-corrected chi connectivity index (χ0v) is 14.9. The summed E-state index contributed by atoms with van der Waals surface area (Å²) in [4.78, 5) is 14.6. The van der Waals surface area contributed by atoms with Crippen LogP contribution in [0.3, 0.4) is 0 Å². The van der Waals surface area contributed by atoms with Crippen LogP contribution in [0.1, 0.15) is 18.7 Å². The largest absolute Gasteiger partial charge is 0.376 e. The van der Waals surface area contributed by atoms with Crippen molar-refractivity contribution in [1.29, 1.82) is 0 Å². The highest BCUT2D eigenvalue weighted by molar-refractivity contribution is 7.98. The Hall–Kier alpha value is -2.86. The SMILES string of the molecule is O=[N+]([O-])c1ccc(-c2noc(CSc3nnnn3CC3CCCO3)n2)cc1. The molecule has 0 amide bonds. The van der Waals surface area contributed by atoms with E-state index in [1.54, 1.807) is 16.8 Å². The Bertz CT molecular complexity index is 920. The van der Waals surface area contributed by atoms with Crippen LogP contribution in [-0.4, -0.2) is 48.0 Å². The first-order valence-corrected chi connectivity index (χ1v) is 9.25. The van der Waals surface area contributed by atoms with E-state index >= 15 is 0 Å². The maximum absolute atomic E-state index is 10.7. The van der Waals surface area contributed by atoms with E-state index in [4.69, 9.17) is 9.26 Å². The van der Waals surface area contributed by atoms with Gasteiger partial charge in [0.15, 0.2) is 0 Å². The molecule has 3 aromatic rings. The van der Waals surface area contributed by atoms with Gasteiger partial charge in [-0.15, -0.1) is 5.10 Å². The fourth-order valence-electron chi connectivity index (χ4n) is 2.68. The maximum Gasteiger partial charge on any atom is 0.269 e. The lowest BCUT2D eigenvalue weighted by Gasteiger charge is -2.09. The van der Waals surface area contributed by atoms with Crippen LogP contribution in [0, 0.1) is 10.1 Å². The molecule has 1 aliphatic heterocycles. The van der Waals surface area contributed by atoms with Crippen LogP contribution in [-0.2, 0) is 17.0 Å². The molecule has 1 fully saturated rings. The molecule has 3 heterocycles. The minimum Gasteiger partial charge on any atom is -0.376 e. The standard InChI is InChI=1S/C15H15N7O4S/c23-22(24)11-5-3-10(4-6-11)14-16-13(26-18-14)9-27-15-17-19-20-21(15)8-12-2-1-7-25-12/h3-6,12H,1-2,7-9H2. The van der Waals surface area contributed by atoms with Crippen molar-refractivity contribution in [2.45, 2.75) is 36.4 Å². The van der Waals surface area contributed by atoms with Crippen molar-refractivity contribution in [2.24, 2.45) is 0 Å². The fourth-order valence-corrected chi connectivity index (χ4v) is 3.41. The van der Waals surface area contributed by atoms with Gasteiger partial charge in [0.2, 0.25) is 16.9 Å². The lowest BCUT2D eigenvalue weighted by atomic mass is 10.2. The number of thioether (sulfide) groups is 1. The second-order valence-electron chi connectivity index (χ2n) is 5.88. The van der Waals surface area contributed by atoms with Crippen molar-refractivity contribution in [3.63, 3.8) is 0 Å². The molecule has 0 saturated carbocycles. The number of tetrazole rings is 1. The third kappa shape index (κ3) is 4.11. The summed E-state index contributed by atoms with van der Waals surface area (Å²) in [6.45, 7) is 1.40. The Balaban J connectivity index is 1.38. The van der Waals surface area contributed by atoms with Crippen LogP contribution in [0.4, 0.5) is 5.69 Å². The lowest BCUT2D eigenvalue weighted by Crippen LogP contribution is -2.16. The van der Waals surface area contributed by atoms with E-state index in [1.165, 1.54) is 23.9 Å². The highest BCUT2D eigenvalue weighted by atomic mass is 32.2. The van der Waals surface area contributed by atoms with Gasteiger partial charge in [0.1, 0.15) is 0 Å². The number of hydrogen-bond donors (Lipinski definition) is 0. The van der Waals surface area contributed by atoms with E-state index in [0.29, 0.717) is 34.7 Å². The van der Waals surface area contributed by atoms with Crippen molar-refractivity contribution in [3.05, 3.63) is 40.3 Å². The van der Waals surface area contributed by atoms with Gasteiger partial charge in [-0.1, -0.05) is 16.9 Å². The molecule has 4 rings (SSSR count). The van der Waals surface area contributed by atoms with Crippen LogP contribution < -0.4 is 0 Å². The molecule has 0 aliphatic carbocycles. The number of aromatic nitrogens is 6. The van der Waals surface area contributed by atoms with Gasteiger partial charge in [-0.05, 0) is 35.4 Å². The molecule has 0 spiro atoms. The molecular weight excluding hydrogens is 374 g/mol. The Morgan fingerprint density at radius 1 is 1.33 bits per heavy atom. The average molecular weight is 389 g/mol. The van der Waals surface area contributed by atoms with Gasteiger partial charge in [0, 0.05) is 24.3 Å². The zero-order chi connectivity index (χ0) is 18.6. The van der Waals surface area contributed by atoms with Gasteiger partial charge >= 0.3 is 0 Å². The van der Waals surface area contributed by atoms with Gasteiger partial charge in [0.05, 0.1) is 23.3 Å². The molecule has 1 saturated heterocycles. The summed E-state index contributed by atoms with van der Waals surface area (Å²) in [6, 6.07) is 5.98. The normalized spacial score (nSPS) is 16.7. The predicted octanol–water partition coefficient (Wildman–Crippen LogP) is 2.10. The predicted molar refractivity (Wildman–Crippen MR) is 92.7 cm³/mol. The quantitative estimate of drug-likeness (QED) is 0.336. The van der Waals surface area contributed by atoms with E-state index in [0.717, 1.165) is 19.4 Å². The molecule has 1 aromatic carbocycles. The number of benzene rings is 1. The van der Waals surface area contributed by atoms with Gasteiger partial charge < -0.3 is 9.26 Å². The first-order chi connectivity index (χ1) is 13.2. The molecule has 2 aromatic heterocycles. The van der Waals surface area contributed by atoms with E-state index in [9.17, 15) is 10.1 Å². The first-order valence-electron chi connectivity index (χ1n) is 8.27. The minimum absolute atomic E-state index is 0.0103. The van der Waals surface area contributed by atoms with Gasteiger partial charge in [-0.3, -0.25) is 10.1 Å². The second kappa shape index (κ2) is 7.80. The summed E-state index contributed by atoms with van der Waals surface area (Å²) < 4.78 is 12.6. The van der Waals surface area contributed by atoms with Crippen molar-refractivity contribution < 1.29 is 14.2 Å². The van der Waals surface area contributed by atoms with E-state index in [-0.39, 0.29) is 11.8 Å². The molecule has 11 nitrogen and oxygen atoms in total. The molecule has 27 heavy (non-hydrogen) atoms. The Labute approximate surface area is 157 Å². The monoisotopic (exact) mass is 389 g/mol. The number of ether oxygens (including phenoxy) is 1. The summed E-state index contributed by atoms with van der Waals surface area (Å²) in [5.41, 5.74) is 0.653. The van der Waals surface area contributed by atoms with E-state index in [2.05, 4.69) is 25.7 Å². The number of nitrogens with zero attached hydrogens (tertiary/aromatic N) is 7. The van der Waals surface area contributed by atoms with Crippen molar-refractivity contribution in [1.82, 2.24) is 30.3 Å². The molecule has 140 valence electrons. The highest BCUT2D eigenvalue weighted by Gasteiger charge is 2.19. The number of nitro groups is 1. The zero-order valence-electron chi connectivity index (χ0n) is 14.1. The van der Waals surface area contributed by atoms with Crippen molar-refractivity contribution >= 4 is 17.4 Å². The third-order valence-corrected chi connectivity index (χ3v) is 4.97. The van der Waals surface area contributed by atoms with Gasteiger partial charge in [-0.25, -0.2) is 4.68 Å². The van der Waals surface area contributed by atoms with Gasteiger partial charge in [0.25, 0.3) is 5.69 Å². The fraction of sp³-hybridized carbons (Fsp3) is 0.400. The van der Waals surface area contributed by atoms with Crippen LogP contribution in [0.25, 0.3) is 11.4 Å². The first kappa shape index (κ1) is 17.5. The van der Waals surface area contributed by atoms with E-state index < -0.39 is 4.92 Å². The average Bonchev–Trinajstić information content (AvgIpc) is 3.43. The van der Waals surface area contributed by atoms with Crippen molar-refractivity contribution in [2.75, 3.05) is 6.61 Å².